The van der Waals surface area contributed by atoms with Crippen LogP contribution in [-0.2, 0) is 11.2 Å². The van der Waals surface area contributed by atoms with Gasteiger partial charge in [0.2, 0.25) is 0 Å². The molecule has 0 spiro atoms. The summed E-state index contributed by atoms with van der Waals surface area (Å²) >= 11 is 0. The van der Waals surface area contributed by atoms with E-state index in [2.05, 4.69) is 30.0 Å². The number of hydrogen-bond donors (Lipinski definition) is 4. The number of rotatable bonds is 8. The van der Waals surface area contributed by atoms with Crippen molar-refractivity contribution in [2.45, 2.75) is 76.2 Å². The number of fused-ring (bicyclic) bond motifs is 1. The Morgan fingerprint density at radius 3 is 2.62 bits per heavy atom. The van der Waals surface area contributed by atoms with Crippen molar-refractivity contribution in [2.24, 2.45) is 11.7 Å². The van der Waals surface area contributed by atoms with Crippen LogP contribution in [0.1, 0.15) is 67.7 Å². The van der Waals surface area contributed by atoms with Gasteiger partial charge in [-0.25, -0.2) is 0 Å². The Balaban J connectivity index is 1.62. The Morgan fingerprint density at radius 2 is 1.97 bits per heavy atom. The highest BCUT2D eigenvalue weighted by molar-refractivity contribution is 6.40. The van der Waals surface area contributed by atoms with Gasteiger partial charge in [-0.15, -0.1) is 0 Å². The minimum absolute atomic E-state index is 0.0455. The van der Waals surface area contributed by atoms with Crippen LogP contribution >= 0.6 is 0 Å². The summed E-state index contributed by atoms with van der Waals surface area (Å²) in [5.41, 5.74) is 9.39. The number of nitrogens with two attached hydrogens (primary N) is 1. The van der Waals surface area contributed by atoms with Gasteiger partial charge in [0.15, 0.2) is 0 Å². The fraction of sp³-hybridized carbons (Fsp3) is 0.682. The largest absolute Gasteiger partial charge is 0.480 e. The second-order valence-corrected chi connectivity index (χ2v) is 8.99. The maximum atomic E-state index is 12.0. The number of unbranched alkanes of at least 4 members (excludes halogenated alkanes) is 1. The highest BCUT2D eigenvalue weighted by atomic mass is 16.4. The van der Waals surface area contributed by atoms with E-state index in [0.717, 1.165) is 38.8 Å². The lowest BCUT2D eigenvalue weighted by molar-refractivity contribution is -0.147. The number of aryl methyl sites for hydroxylation is 2. The van der Waals surface area contributed by atoms with Crippen LogP contribution in [0.15, 0.2) is 18.2 Å². The molecule has 2 aliphatic rings. The topological polar surface area (TPSA) is 107 Å². The van der Waals surface area contributed by atoms with Gasteiger partial charge in [-0.3, -0.25) is 9.69 Å². The first-order valence-electron chi connectivity index (χ1n) is 11.0. The van der Waals surface area contributed by atoms with Crippen molar-refractivity contribution < 1.29 is 19.9 Å². The van der Waals surface area contributed by atoms with Gasteiger partial charge in [0.25, 0.3) is 0 Å². The van der Waals surface area contributed by atoms with Gasteiger partial charge in [-0.05, 0) is 81.9 Å². The number of benzene rings is 1. The molecule has 160 valence electrons. The predicted octanol–water partition coefficient (Wildman–Crippen LogP) is 2.51. The van der Waals surface area contributed by atoms with Gasteiger partial charge in [-0.2, -0.15) is 0 Å². The van der Waals surface area contributed by atoms with E-state index in [1.54, 1.807) is 0 Å². The number of hydrogen-bond acceptors (Lipinski definition) is 5. The standard InChI is InChI=1S/C22H35BN2O4/c1-16-7-8-17-5-4-6-20(19(17)15-16)25-13-9-18(10-14-25)22(24,21(26)27)11-2-3-12-23(28)29/h7-8,15,18,20,28-29H,2-6,9-14,24H2,1H3,(H,26,27)/t20?,22-/m0/s1. The van der Waals surface area contributed by atoms with Gasteiger partial charge in [0.1, 0.15) is 5.54 Å². The first-order chi connectivity index (χ1) is 13.8. The third kappa shape index (κ3) is 5.20. The molecule has 6 nitrogen and oxygen atoms in total. The van der Waals surface area contributed by atoms with Crippen LogP contribution in [0.25, 0.3) is 0 Å². The van der Waals surface area contributed by atoms with Gasteiger partial charge in [-0.1, -0.05) is 36.6 Å². The van der Waals surface area contributed by atoms with Crippen LogP contribution in [-0.4, -0.2) is 51.8 Å². The first-order valence-corrected chi connectivity index (χ1v) is 11.0. The van der Waals surface area contributed by atoms with E-state index < -0.39 is 18.6 Å². The lowest BCUT2D eigenvalue weighted by atomic mass is 9.73. The maximum Gasteiger partial charge on any atom is 0.451 e. The van der Waals surface area contributed by atoms with E-state index in [4.69, 9.17) is 15.8 Å². The molecule has 5 N–H and O–H groups in total. The monoisotopic (exact) mass is 402 g/mol. The number of nitrogens with zero attached hydrogens (tertiary/aromatic N) is 1. The van der Waals surface area contributed by atoms with E-state index in [-0.39, 0.29) is 12.2 Å². The molecule has 0 saturated carbocycles. The summed E-state index contributed by atoms with van der Waals surface area (Å²) in [6.45, 7) is 3.90. The molecule has 3 rings (SSSR count). The Hall–Kier alpha value is -1.41. The summed E-state index contributed by atoms with van der Waals surface area (Å²) in [6.07, 6.45) is 6.91. The van der Waals surface area contributed by atoms with E-state index in [9.17, 15) is 9.90 Å². The van der Waals surface area contributed by atoms with Crippen LogP contribution in [0.5, 0.6) is 0 Å². The van der Waals surface area contributed by atoms with Crippen molar-refractivity contribution in [3.63, 3.8) is 0 Å². The number of carbonyl (C=O) groups is 1. The minimum atomic E-state index is -1.34. The van der Waals surface area contributed by atoms with Gasteiger partial charge in [0, 0.05) is 6.04 Å². The van der Waals surface area contributed by atoms with Gasteiger partial charge >= 0.3 is 13.1 Å². The summed E-state index contributed by atoms with van der Waals surface area (Å²) in [7, 11) is -1.34. The number of piperidine rings is 1. The predicted molar refractivity (Wildman–Crippen MR) is 115 cm³/mol. The summed E-state index contributed by atoms with van der Waals surface area (Å²) in [5.74, 6) is -0.977. The van der Waals surface area contributed by atoms with Gasteiger partial charge < -0.3 is 20.9 Å². The highest BCUT2D eigenvalue weighted by Crippen LogP contribution is 2.39. The Kier molecular flexibility index (Phi) is 7.38. The minimum Gasteiger partial charge on any atom is -0.480 e. The molecule has 1 aromatic rings. The molecule has 1 fully saturated rings. The second kappa shape index (κ2) is 9.60. The maximum absolute atomic E-state index is 12.0. The molecule has 2 atom stereocenters. The molecule has 0 amide bonds. The third-order valence-electron chi connectivity index (χ3n) is 6.98. The van der Waals surface area contributed by atoms with Crippen molar-refractivity contribution in [1.82, 2.24) is 4.90 Å². The summed E-state index contributed by atoms with van der Waals surface area (Å²) < 4.78 is 0. The summed E-state index contributed by atoms with van der Waals surface area (Å²) in [6, 6.07) is 7.22. The average molecular weight is 402 g/mol. The normalized spacial score (nSPS) is 22.7. The Labute approximate surface area is 174 Å². The highest BCUT2D eigenvalue weighted by Gasteiger charge is 2.43. The smallest absolute Gasteiger partial charge is 0.451 e. The molecule has 1 heterocycles. The molecule has 7 heteroatoms. The quantitative estimate of drug-likeness (QED) is 0.393. The zero-order chi connectivity index (χ0) is 21.0. The molecule has 1 aliphatic carbocycles. The molecule has 1 aliphatic heterocycles. The Morgan fingerprint density at radius 1 is 1.24 bits per heavy atom. The van der Waals surface area contributed by atoms with Crippen LogP contribution < -0.4 is 5.73 Å². The van der Waals surface area contributed by atoms with Crippen LogP contribution in [0, 0.1) is 12.8 Å². The SMILES string of the molecule is Cc1ccc2c(c1)C(N1CCC([C@@](N)(CCCCB(O)O)C(=O)O)CC1)CCC2. The number of likely N-dealkylation sites (tertiary alicyclic amines) is 1. The molecule has 0 radical (unpaired) electrons. The molecular weight excluding hydrogens is 367 g/mol. The molecular formula is C22H35BN2O4. The lowest BCUT2D eigenvalue weighted by Gasteiger charge is -2.44. The summed E-state index contributed by atoms with van der Waals surface area (Å²) in [4.78, 5) is 14.5. The van der Waals surface area contributed by atoms with E-state index in [1.807, 2.05) is 0 Å². The van der Waals surface area contributed by atoms with E-state index >= 15 is 0 Å². The number of carboxylic acids is 1. The number of aliphatic carboxylic acids is 1. The first kappa shape index (κ1) is 22.3. The lowest BCUT2D eigenvalue weighted by Crippen LogP contribution is -2.57. The van der Waals surface area contributed by atoms with Crippen molar-refractivity contribution in [3.8, 4) is 0 Å². The zero-order valence-corrected chi connectivity index (χ0v) is 17.5. The van der Waals surface area contributed by atoms with Crippen molar-refractivity contribution in [3.05, 3.63) is 34.9 Å². The zero-order valence-electron chi connectivity index (χ0n) is 17.5. The third-order valence-corrected chi connectivity index (χ3v) is 6.98. The second-order valence-electron chi connectivity index (χ2n) is 8.99. The van der Waals surface area contributed by atoms with Crippen LogP contribution in [0.3, 0.4) is 0 Å². The molecule has 0 bridgehead atoms. The fourth-order valence-corrected chi connectivity index (χ4v) is 5.23. The number of carboxylic acid groups (broad SMARTS) is 1. The van der Waals surface area contributed by atoms with Crippen molar-refractivity contribution in [2.75, 3.05) is 13.1 Å². The van der Waals surface area contributed by atoms with Crippen LogP contribution in [0.2, 0.25) is 6.32 Å². The van der Waals surface area contributed by atoms with Crippen molar-refractivity contribution >= 4 is 13.1 Å². The molecule has 1 saturated heterocycles. The van der Waals surface area contributed by atoms with E-state index in [0.29, 0.717) is 25.3 Å². The van der Waals surface area contributed by atoms with Crippen molar-refractivity contribution in [1.29, 1.82) is 0 Å². The molecule has 1 unspecified atom stereocenters. The summed E-state index contributed by atoms with van der Waals surface area (Å²) in [5, 5.41) is 27.8. The molecule has 29 heavy (non-hydrogen) atoms. The Bertz CT molecular complexity index is 706. The average Bonchev–Trinajstić information content (AvgIpc) is 2.70. The van der Waals surface area contributed by atoms with Crippen LogP contribution in [0.4, 0.5) is 0 Å². The molecule has 0 aromatic heterocycles. The van der Waals surface area contributed by atoms with E-state index in [1.165, 1.54) is 23.1 Å². The fourth-order valence-electron chi connectivity index (χ4n) is 5.23. The van der Waals surface area contributed by atoms with Gasteiger partial charge in [0.05, 0.1) is 0 Å². The molecule has 1 aromatic carbocycles.